The summed E-state index contributed by atoms with van der Waals surface area (Å²) in [7, 11) is 0. The molecule has 3 nitrogen and oxygen atoms in total. The fraction of sp³-hybridized carbons (Fsp3) is 0.318. The largest absolute Gasteiger partial charge is 0.304 e. The Hall–Kier alpha value is -2.10. The minimum absolute atomic E-state index is 0. The topological polar surface area (TPSA) is 21.1 Å². The minimum atomic E-state index is 0. The highest BCUT2D eigenvalue weighted by atomic mass is 35.5. The molecule has 0 aliphatic rings. The van der Waals surface area contributed by atoms with Gasteiger partial charge in [0.2, 0.25) is 0 Å². The third-order valence-corrected chi connectivity index (χ3v) is 4.71. The quantitative estimate of drug-likeness (QED) is 0.532. The first-order chi connectivity index (χ1) is 12.3. The standard InChI is InChI=1S/C22H27N3.ClH/c1-3-24(4-2)16-11-17-25-22(20-14-9-6-10-15-20)21(18-23-25)19-12-7-5-8-13-19;/h5-10,12-15,18H,3-4,11,16-17H2,1-2H3;1H. The maximum Gasteiger partial charge on any atom is 0.0760 e. The van der Waals surface area contributed by atoms with Crippen molar-refractivity contribution >= 4 is 12.4 Å². The van der Waals surface area contributed by atoms with Gasteiger partial charge in [-0.25, -0.2) is 0 Å². The van der Waals surface area contributed by atoms with Crippen molar-refractivity contribution in [3.05, 3.63) is 66.9 Å². The molecule has 0 amide bonds. The van der Waals surface area contributed by atoms with Crippen LogP contribution in [0.3, 0.4) is 0 Å². The summed E-state index contributed by atoms with van der Waals surface area (Å²) in [4.78, 5) is 2.46. The lowest BCUT2D eigenvalue weighted by molar-refractivity contribution is 0.291. The summed E-state index contributed by atoms with van der Waals surface area (Å²) >= 11 is 0. The van der Waals surface area contributed by atoms with Gasteiger partial charge in [0, 0.05) is 17.7 Å². The highest BCUT2D eigenvalue weighted by molar-refractivity contribution is 5.85. The second-order valence-corrected chi connectivity index (χ2v) is 6.24. The van der Waals surface area contributed by atoms with E-state index in [2.05, 4.69) is 84.1 Å². The Kier molecular flexibility index (Phi) is 7.89. The molecule has 0 aliphatic heterocycles. The van der Waals surface area contributed by atoms with E-state index in [1.807, 2.05) is 6.20 Å². The molecule has 4 heteroatoms. The van der Waals surface area contributed by atoms with Gasteiger partial charge in [-0.2, -0.15) is 5.10 Å². The van der Waals surface area contributed by atoms with Crippen LogP contribution in [0.15, 0.2) is 66.9 Å². The molecule has 2 aromatic carbocycles. The predicted octanol–water partition coefficient (Wildman–Crippen LogP) is 5.37. The SMILES string of the molecule is CCN(CC)CCCn1ncc(-c2ccccc2)c1-c1ccccc1.Cl. The van der Waals surface area contributed by atoms with Crippen LogP contribution in [0.2, 0.25) is 0 Å². The van der Waals surface area contributed by atoms with Crippen LogP contribution >= 0.6 is 12.4 Å². The van der Waals surface area contributed by atoms with Crippen LogP contribution in [0.25, 0.3) is 22.4 Å². The smallest absolute Gasteiger partial charge is 0.0760 e. The molecule has 0 fully saturated rings. The Morgan fingerprint density at radius 1 is 0.846 bits per heavy atom. The number of hydrogen-bond donors (Lipinski definition) is 0. The first kappa shape index (κ1) is 20.2. The van der Waals surface area contributed by atoms with Crippen molar-refractivity contribution in [1.82, 2.24) is 14.7 Å². The lowest BCUT2D eigenvalue weighted by Crippen LogP contribution is -2.25. The summed E-state index contributed by atoms with van der Waals surface area (Å²) in [5, 5.41) is 4.72. The fourth-order valence-corrected chi connectivity index (χ4v) is 3.27. The van der Waals surface area contributed by atoms with E-state index in [9.17, 15) is 0 Å². The molecule has 138 valence electrons. The van der Waals surface area contributed by atoms with E-state index < -0.39 is 0 Å². The summed E-state index contributed by atoms with van der Waals surface area (Å²) in [6.07, 6.45) is 3.12. The zero-order valence-electron chi connectivity index (χ0n) is 15.6. The molecular formula is C22H28ClN3. The molecule has 3 aromatic rings. The third-order valence-electron chi connectivity index (χ3n) is 4.71. The first-order valence-electron chi connectivity index (χ1n) is 9.22. The van der Waals surface area contributed by atoms with E-state index in [1.54, 1.807) is 0 Å². The minimum Gasteiger partial charge on any atom is -0.304 e. The van der Waals surface area contributed by atoms with Gasteiger partial charge >= 0.3 is 0 Å². The van der Waals surface area contributed by atoms with Crippen molar-refractivity contribution in [2.45, 2.75) is 26.8 Å². The lowest BCUT2D eigenvalue weighted by atomic mass is 10.0. The van der Waals surface area contributed by atoms with E-state index in [0.717, 1.165) is 32.6 Å². The summed E-state index contributed by atoms with van der Waals surface area (Å²) < 4.78 is 2.17. The molecule has 3 rings (SSSR count). The van der Waals surface area contributed by atoms with Crippen LogP contribution in [-0.2, 0) is 6.54 Å². The van der Waals surface area contributed by atoms with Gasteiger partial charge in [0.1, 0.15) is 0 Å². The van der Waals surface area contributed by atoms with Crippen molar-refractivity contribution in [3.8, 4) is 22.4 Å². The van der Waals surface area contributed by atoms with E-state index in [4.69, 9.17) is 5.10 Å². The summed E-state index contributed by atoms with van der Waals surface area (Å²) in [6.45, 7) is 8.71. The number of benzene rings is 2. The van der Waals surface area contributed by atoms with E-state index in [0.29, 0.717) is 0 Å². The molecule has 1 heterocycles. The highest BCUT2D eigenvalue weighted by Crippen LogP contribution is 2.32. The van der Waals surface area contributed by atoms with Crippen molar-refractivity contribution in [2.75, 3.05) is 19.6 Å². The molecule has 26 heavy (non-hydrogen) atoms. The first-order valence-corrected chi connectivity index (χ1v) is 9.22. The summed E-state index contributed by atoms with van der Waals surface area (Å²) in [6, 6.07) is 21.1. The van der Waals surface area contributed by atoms with Crippen LogP contribution in [0.4, 0.5) is 0 Å². The van der Waals surface area contributed by atoms with Crippen LogP contribution in [0.1, 0.15) is 20.3 Å². The molecular weight excluding hydrogens is 342 g/mol. The number of nitrogens with zero attached hydrogens (tertiary/aromatic N) is 3. The van der Waals surface area contributed by atoms with Gasteiger partial charge in [0.05, 0.1) is 11.9 Å². The Morgan fingerprint density at radius 2 is 1.42 bits per heavy atom. The monoisotopic (exact) mass is 369 g/mol. The Bertz CT molecular complexity index is 765. The molecule has 0 saturated carbocycles. The van der Waals surface area contributed by atoms with Crippen LogP contribution in [0, 0.1) is 0 Å². The third kappa shape index (κ3) is 4.75. The number of hydrogen-bond acceptors (Lipinski definition) is 2. The number of halogens is 1. The van der Waals surface area contributed by atoms with Gasteiger partial charge in [-0.15, -0.1) is 12.4 Å². The van der Waals surface area contributed by atoms with Crippen LogP contribution in [-0.4, -0.2) is 34.3 Å². The second-order valence-electron chi connectivity index (χ2n) is 6.24. The van der Waals surface area contributed by atoms with E-state index in [1.165, 1.54) is 22.4 Å². The average Bonchev–Trinajstić information content (AvgIpc) is 3.10. The van der Waals surface area contributed by atoms with Gasteiger partial charge in [-0.3, -0.25) is 4.68 Å². The molecule has 0 spiro atoms. The van der Waals surface area contributed by atoms with Crippen LogP contribution < -0.4 is 0 Å². The van der Waals surface area contributed by atoms with Gasteiger partial charge in [-0.1, -0.05) is 74.5 Å². The highest BCUT2D eigenvalue weighted by Gasteiger charge is 2.14. The summed E-state index contributed by atoms with van der Waals surface area (Å²) in [5.41, 5.74) is 4.86. The van der Waals surface area contributed by atoms with Gasteiger partial charge in [-0.05, 0) is 31.6 Å². The van der Waals surface area contributed by atoms with E-state index >= 15 is 0 Å². The van der Waals surface area contributed by atoms with Gasteiger partial charge < -0.3 is 4.90 Å². The molecule has 0 radical (unpaired) electrons. The van der Waals surface area contributed by atoms with Crippen molar-refractivity contribution in [1.29, 1.82) is 0 Å². The molecule has 0 atom stereocenters. The van der Waals surface area contributed by atoms with Crippen molar-refractivity contribution < 1.29 is 0 Å². The molecule has 0 N–H and O–H groups in total. The maximum absolute atomic E-state index is 4.72. The Balaban J connectivity index is 0.00000243. The second kappa shape index (κ2) is 10.1. The lowest BCUT2D eigenvalue weighted by Gasteiger charge is -2.18. The van der Waals surface area contributed by atoms with Crippen molar-refractivity contribution in [3.63, 3.8) is 0 Å². The number of rotatable bonds is 8. The zero-order chi connectivity index (χ0) is 17.5. The Morgan fingerprint density at radius 3 is 2.00 bits per heavy atom. The normalized spacial score (nSPS) is 10.7. The number of aryl methyl sites for hydroxylation is 1. The fourth-order valence-electron chi connectivity index (χ4n) is 3.27. The van der Waals surface area contributed by atoms with Gasteiger partial charge in [0.25, 0.3) is 0 Å². The van der Waals surface area contributed by atoms with E-state index in [-0.39, 0.29) is 12.4 Å². The Labute approximate surface area is 163 Å². The molecule has 1 aromatic heterocycles. The van der Waals surface area contributed by atoms with Crippen LogP contribution in [0.5, 0.6) is 0 Å². The maximum atomic E-state index is 4.72. The summed E-state index contributed by atoms with van der Waals surface area (Å²) in [5.74, 6) is 0. The average molecular weight is 370 g/mol. The predicted molar refractivity (Wildman–Crippen MR) is 113 cm³/mol. The van der Waals surface area contributed by atoms with Gasteiger partial charge in [0.15, 0.2) is 0 Å². The molecule has 0 unspecified atom stereocenters. The number of aromatic nitrogens is 2. The zero-order valence-corrected chi connectivity index (χ0v) is 16.5. The molecule has 0 aliphatic carbocycles. The molecule has 0 saturated heterocycles. The van der Waals surface area contributed by atoms with Crippen molar-refractivity contribution in [2.24, 2.45) is 0 Å². The molecule has 0 bridgehead atoms.